The molecule has 1 heterocycles. The van der Waals surface area contributed by atoms with Crippen molar-refractivity contribution in [3.63, 3.8) is 0 Å². The second kappa shape index (κ2) is 10.4. The molecule has 0 aliphatic heterocycles. The number of amides is 1. The molecule has 0 spiro atoms. The third kappa shape index (κ3) is 5.98. The summed E-state index contributed by atoms with van der Waals surface area (Å²) in [7, 11) is 0. The minimum atomic E-state index is -0.358. The van der Waals surface area contributed by atoms with Gasteiger partial charge < -0.3 is 10.1 Å². The van der Waals surface area contributed by atoms with E-state index in [0.29, 0.717) is 17.2 Å². The van der Waals surface area contributed by atoms with Crippen molar-refractivity contribution in [3.05, 3.63) is 16.5 Å². The molecule has 1 aromatic rings. The van der Waals surface area contributed by atoms with E-state index >= 15 is 0 Å². The predicted octanol–water partition coefficient (Wildman–Crippen LogP) is 5.03. The number of carbonyl (C=O) groups excluding carboxylic acids is 2. The summed E-state index contributed by atoms with van der Waals surface area (Å²) < 4.78 is 5.11. The molecule has 1 unspecified atom stereocenters. The van der Waals surface area contributed by atoms with Crippen molar-refractivity contribution in [2.24, 2.45) is 5.92 Å². The van der Waals surface area contributed by atoms with Gasteiger partial charge in [0.2, 0.25) is 5.91 Å². The largest absolute Gasteiger partial charge is 0.462 e. The van der Waals surface area contributed by atoms with E-state index in [-0.39, 0.29) is 17.8 Å². The minimum Gasteiger partial charge on any atom is -0.462 e. The molecule has 0 saturated heterocycles. The number of unbranched alkanes of at least 4 members (excludes halogenated alkanes) is 1. The highest BCUT2D eigenvalue weighted by Gasteiger charge is 2.22. The Hall–Kier alpha value is -1.36. The number of carbonyl (C=O) groups is 2. The molecule has 1 aromatic heterocycles. The van der Waals surface area contributed by atoms with Gasteiger partial charge in [-0.1, -0.05) is 40.0 Å². The summed E-state index contributed by atoms with van der Waals surface area (Å²) in [5.41, 5.74) is 0.485. The maximum Gasteiger partial charge on any atom is 0.341 e. The Balaban J connectivity index is 2.91. The van der Waals surface area contributed by atoms with Crippen LogP contribution in [0.4, 0.5) is 5.00 Å². The highest BCUT2D eigenvalue weighted by Crippen LogP contribution is 2.31. The zero-order valence-electron chi connectivity index (χ0n) is 14.7. The molecule has 0 bridgehead atoms. The number of esters is 1. The normalized spacial score (nSPS) is 12.0. The van der Waals surface area contributed by atoms with Gasteiger partial charge in [-0.15, -0.1) is 11.3 Å². The lowest BCUT2D eigenvalue weighted by molar-refractivity contribution is -0.120. The lowest BCUT2D eigenvalue weighted by Crippen LogP contribution is -2.23. The predicted molar refractivity (Wildman–Crippen MR) is 96.2 cm³/mol. The van der Waals surface area contributed by atoms with E-state index in [1.54, 1.807) is 6.92 Å². The minimum absolute atomic E-state index is 0.00159. The van der Waals surface area contributed by atoms with Gasteiger partial charge in [-0.2, -0.15) is 0 Å². The third-order valence-electron chi connectivity index (χ3n) is 3.78. The van der Waals surface area contributed by atoms with Crippen LogP contribution in [0.1, 0.15) is 75.0 Å². The fraction of sp³-hybridized carbons (Fsp3) is 0.667. The lowest BCUT2D eigenvalue weighted by atomic mass is 9.98. The first-order valence-corrected chi connectivity index (χ1v) is 9.49. The molecular formula is C18H29NO3S. The van der Waals surface area contributed by atoms with Crippen LogP contribution >= 0.6 is 11.3 Å². The Morgan fingerprint density at radius 3 is 2.52 bits per heavy atom. The van der Waals surface area contributed by atoms with Crippen molar-refractivity contribution in [1.82, 2.24) is 0 Å². The number of nitrogens with one attached hydrogen (secondary N) is 1. The number of rotatable bonds is 10. The van der Waals surface area contributed by atoms with Crippen LogP contribution in [-0.4, -0.2) is 18.5 Å². The van der Waals surface area contributed by atoms with Crippen molar-refractivity contribution in [3.8, 4) is 0 Å². The Labute approximate surface area is 143 Å². The monoisotopic (exact) mass is 339 g/mol. The average molecular weight is 340 g/mol. The molecule has 0 saturated carbocycles. The van der Waals surface area contributed by atoms with Crippen molar-refractivity contribution < 1.29 is 14.3 Å². The number of hydrogen-bond donors (Lipinski definition) is 1. The summed E-state index contributed by atoms with van der Waals surface area (Å²) in [4.78, 5) is 25.7. The van der Waals surface area contributed by atoms with Crippen LogP contribution in [0.3, 0.4) is 0 Å². The quantitative estimate of drug-likeness (QED) is 0.608. The van der Waals surface area contributed by atoms with E-state index < -0.39 is 0 Å². The molecule has 0 radical (unpaired) electrons. The van der Waals surface area contributed by atoms with Crippen molar-refractivity contribution in [1.29, 1.82) is 0 Å². The number of ether oxygens (including phenoxy) is 1. The SMILES string of the molecule is CCCCC(CC)C(=O)Nc1sc(CCC)cc1C(=O)OCC. The van der Waals surface area contributed by atoms with Crippen LogP contribution in [-0.2, 0) is 16.0 Å². The Morgan fingerprint density at radius 1 is 1.22 bits per heavy atom. The summed E-state index contributed by atoms with van der Waals surface area (Å²) in [6, 6.07) is 1.86. The lowest BCUT2D eigenvalue weighted by Gasteiger charge is -2.14. The summed E-state index contributed by atoms with van der Waals surface area (Å²) in [5.74, 6) is -0.346. The van der Waals surface area contributed by atoms with Gasteiger partial charge >= 0.3 is 5.97 Å². The van der Waals surface area contributed by atoms with E-state index in [1.807, 2.05) is 13.0 Å². The highest BCUT2D eigenvalue weighted by molar-refractivity contribution is 7.16. The van der Waals surface area contributed by atoms with Crippen molar-refractivity contribution >= 4 is 28.2 Å². The maximum absolute atomic E-state index is 12.5. The molecule has 5 heteroatoms. The van der Waals surface area contributed by atoms with Gasteiger partial charge in [0.1, 0.15) is 5.00 Å². The van der Waals surface area contributed by atoms with Crippen LogP contribution in [0.2, 0.25) is 0 Å². The maximum atomic E-state index is 12.5. The first kappa shape index (κ1) is 19.7. The molecule has 130 valence electrons. The van der Waals surface area contributed by atoms with Crippen molar-refractivity contribution in [2.75, 3.05) is 11.9 Å². The van der Waals surface area contributed by atoms with E-state index in [0.717, 1.165) is 43.4 Å². The number of anilines is 1. The zero-order chi connectivity index (χ0) is 17.2. The molecule has 4 nitrogen and oxygen atoms in total. The van der Waals surface area contributed by atoms with Gasteiger partial charge in [-0.25, -0.2) is 4.79 Å². The molecule has 0 aromatic carbocycles. The molecule has 0 fully saturated rings. The van der Waals surface area contributed by atoms with Crippen LogP contribution in [0.5, 0.6) is 0 Å². The second-order valence-electron chi connectivity index (χ2n) is 5.66. The summed E-state index contributed by atoms with van der Waals surface area (Å²) in [6.45, 7) is 8.37. The van der Waals surface area contributed by atoms with E-state index in [2.05, 4.69) is 19.2 Å². The summed E-state index contributed by atoms with van der Waals surface area (Å²) in [5, 5.41) is 3.60. The van der Waals surface area contributed by atoms with Crippen molar-refractivity contribution in [2.45, 2.75) is 66.2 Å². The first-order chi connectivity index (χ1) is 11.1. The number of hydrogen-bond acceptors (Lipinski definition) is 4. The van der Waals surface area contributed by atoms with Crippen LogP contribution in [0, 0.1) is 5.92 Å². The molecular weight excluding hydrogens is 310 g/mol. The molecule has 1 N–H and O–H groups in total. The fourth-order valence-electron chi connectivity index (χ4n) is 2.45. The van der Waals surface area contributed by atoms with Crippen LogP contribution in [0.25, 0.3) is 0 Å². The molecule has 1 rings (SSSR count). The molecule has 1 amide bonds. The van der Waals surface area contributed by atoms with Crippen LogP contribution < -0.4 is 5.32 Å². The Kier molecular flexibility index (Phi) is 8.92. The van der Waals surface area contributed by atoms with Gasteiger partial charge in [0.25, 0.3) is 0 Å². The smallest absolute Gasteiger partial charge is 0.341 e. The third-order valence-corrected chi connectivity index (χ3v) is 4.89. The molecule has 23 heavy (non-hydrogen) atoms. The Morgan fingerprint density at radius 2 is 1.96 bits per heavy atom. The molecule has 1 atom stereocenters. The van der Waals surface area contributed by atoms with Gasteiger partial charge in [0, 0.05) is 10.8 Å². The highest BCUT2D eigenvalue weighted by atomic mass is 32.1. The van der Waals surface area contributed by atoms with Gasteiger partial charge in [-0.05, 0) is 32.3 Å². The second-order valence-corrected chi connectivity index (χ2v) is 6.80. The van der Waals surface area contributed by atoms with E-state index in [1.165, 1.54) is 11.3 Å². The number of thiophene rings is 1. The summed E-state index contributed by atoms with van der Waals surface area (Å²) in [6.07, 6.45) is 5.73. The van der Waals surface area contributed by atoms with E-state index in [4.69, 9.17) is 4.74 Å². The molecule has 0 aliphatic carbocycles. The van der Waals surface area contributed by atoms with Gasteiger partial charge in [-0.3, -0.25) is 4.79 Å². The van der Waals surface area contributed by atoms with E-state index in [9.17, 15) is 9.59 Å². The summed E-state index contributed by atoms with van der Waals surface area (Å²) >= 11 is 1.49. The molecule has 0 aliphatic rings. The van der Waals surface area contributed by atoms with Gasteiger partial charge in [0.15, 0.2) is 0 Å². The number of aryl methyl sites for hydroxylation is 1. The average Bonchev–Trinajstić information content (AvgIpc) is 2.91. The Bertz CT molecular complexity index is 510. The van der Waals surface area contributed by atoms with Crippen LogP contribution in [0.15, 0.2) is 6.07 Å². The standard InChI is InChI=1S/C18H29NO3S/c1-5-9-11-13(7-3)16(20)19-17-15(18(21)22-8-4)12-14(23-17)10-6-2/h12-13H,5-11H2,1-4H3,(H,19,20). The first-order valence-electron chi connectivity index (χ1n) is 8.67. The topological polar surface area (TPSA) is 55.4 Å². The fourth-order valence-corrected chi connectivity index (χ4v) is 3.60. The van der Waals surface area contributed by atoms with Gasteiger partial charge in [0.05, 0.1) is 12.2 Å². The zero-order valence-corrected chi connectivity index (χ0v) is 15.6.